The molecule has 4 heteroatoms. The Morgan fingerprint density at radius 3 is 2.42 bits per heavy atom. The van der Waals surface area contributed by atoms with Crippen LogP contribution >= 0.6 is 0 Å². The molecular formula is C8H18N2O2. The van der Waals surface area contributed by atoms with Crippen molar-refractivity contribution in [2.24, 2.45) is 0 Å². The molecule has 1 amide bonds. The lowest BCUT2D eigenvalue weighted by atomic mass is 10.2. The van der Waals surface area contributed by atoms with Crippen molar-refractivity contribution in [2.45, 2.75) is 25.9 Å². The van der Waals surface area contributed by atoms with E-state index in [1.807, 2.05) is 0 Å². The molecule has 0 rings (SSSR count). The van der Waals surface area contributed by atoms with Gasteiger partial charge >= 0.3 is 0 Å². The average Bonchev–Trinajstić information content (AvgIpc) is 2.12. The van der Waals surface area contributed by atoms with Crippen LogP contribution in [0, 0.1) is 0 Å². The zero-order valence-corrected chi connectivity index (χ0v) is 8.16. The number of likely N-dealkylation sites (N-methyl/N-ethyl adjacent to an activating group) is 2. The summed E-state index contributed by atoms with van der Waals surface area (Å²) in [7, 11) is 3.43. The van der Waals surface area contributed by atoms with Crippen molar-refractivity contribution in [1.82, 2.24) is 10.2 Å². The van der Waals surface area contributed by atoms with Crippen LogP contribution in [0.2, 0.25) is 0 Å². The molecule has 0 aromatic heterocycles. The summed E-state index contributed by atoms with van der Waals surface area (Å²) in [5.74, 6) is -0.000880. The molecular weight excluding hydrogens is 156 g/mol. The minimum Gasteiger partial charge on any atom is -0.394 e. The summed E-state index contributed by atoms with van der Waals surface area (Å²) in [5, 5.41) is 11.6. The average molecular weight is 174 g/mol. The molecule has 0 saturated carbocycles. The van der Waals surface area contributed by atoms with Gasteiger partial charge in [-0.3, -0.25) is 4.79 Å². The SMILES string of the molecule is CNC(C)C(=O)N(C)C(C)CO. The fourth-order valence-electron chi connectivity index (χ4n) is 0.769. The van der Waals surface area contributed by atoms with Crippen molar-refractivity contribution >= 4 is 5.91 Å². The van der Waals surface area contributed by atoms with Gasteiger partial charge in [0.25, 0.3) is 0 Å². The number of hydrogen-bond donors (Lipinski definition) is 2. The molecule has 2 atom stereocenters. The number of aliphatic hydroxyl groups is 1. The van der Waals surface area contributed by atoms with Crippen molar-refractivity contribution in [3.05, 3.63) is 0 Å². The molecule has 0 aromatic carbocycles. The highest BCUT2D eigenvalue weighted by Gasteiger charge is 2.19. The van der Waals surface area contributed by atoms with Gasteiger partial charge in [0.1, 0.15) is 0 Å². The summed E-state index contributed by atoms with van der Waals surface area (Å²) in [6.07, 6.45) is 0. The molecule has 2 unspecified atom stereocenters. The van der Waals surface area contributed by atoms with E-state index in [4.69, 9.17) is 5.11 Å². The molecule has 2 N–H and O–H groups in total. The van der Waals surface area contributed by atoms with Gasteiger partial charge in [0, 0.05) is 7.05 Å². The maximum Gasteiger partial charge on any atom is 0.239 e. The van der Waals surface area contributed by atoms with Crippen LogP contribution in [-0.2, 0) is 4.79 Å². The fourth-order valence-corrected chi connectivity index (χ4v) is 0.769. The lowest BCUT2D eigenvalue weighted by molar-refractivity contribution is -0.134. The molecule has 0 fully saturated rings. The minimum atomic E-state index is -0.191. The maximum absolute atomic E-state index is 11.4. The zero-order valence-electron chi connectivity index (χ0n) is 8.16. The summed E-state index contributed by atoms with van der Waals surface area (Å²) in [4.78, 5) is 13.0. The highest BCUT2D eigenvalue weighted by atomic mass is 16.3. The Hall–Kier alpha value is -0.610. The van der Waals surface area contributed by atoms with Crippen LogP contribution in [-0.4, -0.2) is 48.7 Å². The standard InChI is InChI=1S/C8H18N2O2/c1-6(5-11)10(4)8(12)7(2)9-3/h6-7,9,11H,5H2,1-4H3. The summed E-state index contributed by atoms with van der Waals surface area (Å²) < 4.78 is 0. The lowest BCUT2D eigenvalue weighted by Crippen LogP contribution is -2.46. The van der Waals surface area contributed by atoms with Crippen molar-refractivity contribution in [3.8, 4) is 0 Å². The molecule has 0 aromatic rings. The smallest absolute Gasteiger partial charge is 0.239 e. The Morgan fingerprint density at radius 1 is 1.58 bits per heavy atom. The number of carbonyl (C=O) groups is 1. The van der Waals surface area contributed by atoms with Crippen LogP contribution in [0.15, 0.2) is 0 Å². The molecule has 0 aliphatic carbocycles. The third-order valence-electron chi connectivity index (χ3n) is 2.08. The largest absolute Gasteiger partial charge is 0.394 e. The number of amides is 1. The molecule has 0 aliphatic heterocycles. The van der Waals surface area contributed by atoms with Gasteiger partial charge in [-0.25, -0.2) is 0 Å². The number of nitrogens with one attached hydrogen (secondary N) is 1. The van der Waals surface area contributed by atoms with Crippen molar-refractivity contribution in [3.63, 3.8) is 0 Å². The Bertz CT molecular complexity index is 150. The Labute approximate surface area is 73.6 Å². The van der Waals surface area contributed by atoms with Gasteiger partial charge in [-0.05, 0) is 20.9 Å². The van der Waals surface area contributed by atoms with E-state index in [0.29, 0.717) is 0 Å². The number of aliphatic hydroxyl groups excluding tert-OH is 1. The van der Waals surface area contributed by atoms with E-state index in [1.165, 1.54) is 0 Å². The predicted octanol–water partition coefficient (Wildman–Crippen LogP) is -0.567. The second kappa shape index (κ2) is 5.11. The van der Waals surface area contributed by atoms with Crippen LogP contribution in [0.25, 0.3) is 0 Å². The molecule has 4 nitrogen and oxygen atoms in total. The third-order valence-corrected chi connectivity index (χ3v) is 2.08. The molecule has 0 bridgehead atoms. The highest BCUT2D eigenvalue weighted by molar-refractivity contribution is 5.81. The molecule has 0 aliphatic rings. The van der Waals surface area contributed by atoms with E-state index in [-0.39, 0.29) is 24.6 Å². The number of nitrogens with zero attached hydrogens (tertiary/aromatic N) is 1. The van der Waals surface area contributed by atoms with Crippen LogP contribution < -0.4 is 5.32 Å². The van der Waals surface area contributed by atoms with Crippen LogP contribution in [0.3, 0.4) is 0 Å². The summed E-state index contributed by atoms with van der Waals surface area (Å²) >= 11 is 0. The molecule has 12 heavy (non-hydrogen) atoms. The van der Waals surface area contributed by atoms with Crippen molar-refractivity contribution in [2.75, 3.05) is 20.7 Å². The van der Waals surface area contributed by atoms with Gasteiger partial charge < -0.3 is 15.3 Å². The lowest BCUT2D eigenvalue weighted by Gasteiger charge is -2.25. The first-order valence-corrected chi connectivity index (χ1v) is 4.09. The molecule has 0 saturated heterocycles. The Morgan fingerprint density at radius 2 is 2.08 bits per heavy atom. The van der Waals surface area contributed by atoms with Gasteiger partial charge in [0.05, 0.1) is 18.7 Å². The first kappa shape index (κ1) is 11.4. The van der Waals surface area contributed by atoms with Crippen LogP contribution in [0.1, 0.15) is 13.8 Å². The number of hydrogen-bond acceptors (Lipinski definition) is 3. The highest BCUT2D eigenvalue weighted by Crippen LogP contribution is 1.97. The number of rotatable bonds is 4. The number of carbonyl (C=O) groups excluding carboxylic acids is 1. The normalized spacial score (nSPS) is 15.4. The van der Waals surface area contributed by atoms with Crippen LogP contribution in [0.5, 0.6) is 0 Å². The topological polar surface area (TPSA) is 52.6 Å². The maximum atomic E-state index is 11.4. The zero-order chi connectivity index (χ0) is 9.72. The third kappa shape index (κ3) is 2.79. The van der Waals surface area contributed by atoms with Crippen molar-refractivity contribution in [1.29, 1.82) is 0 Å². The second-order valence-electron chi connectivity index (χ2n) is 2.99. The fraction of sp³-hybridized carbons (Fsp3) is 0.875. The monoisotopic (exact) mass is 174 g/mol. The Balaban J connectivity index is 4.09. The molecule has 0 heterocycles. The molecule has 0 spiro atoms. The van der Waals surface area contributed by atoms with Gasteiger partial charge in [0.15, 0.2) is 0 Å². The van der Waals surface area contributed by atoms with E-state index < -0.39 is 0 Å². The molecule has 0 radical (unpaired) electrons. The second-order valence-corrected chi connectivity index (χ2v) is 2.99. The first-order valence-electron chi connectivity index (χ1n) is 4.09. The molecule has 72 valence electrons. The summed E-state index contributed by atoms with van der Waals surface area (Å²) in [5.41, 5.74) is 0. The first-order chi connectivity index (χ1) is 5.54. The van der Waals surface area contributed by atoms with Crippen molar-refractivity contribution < 1.29 is 9.90 Å². The Kier molecular flexibility index (Phi) is 4.85. The van der Waals surface area contributed by atoms with Gasteiger partial charge in [-0.15, -0.1) is 0 Å². The predicted molar refractivity (Wildman–Crippen MR) is 47.8 cm³/mol. The summed E-state index contributed by atoms with van der Waals surface area (Å²) in [6.45, 7) is 3.60. The minimum absolute atomic E-state index is 0.000880. The van der Waals surface area contributed by atoms with Gasteiger partial charge in [-0.2, -0.15) is 0 Å². The van der Waals surface area contributed by atoms with E-state index in [2.05, 4.69) is 5.32 Å². The quantitative estimate of drug-likeness (QED) is 0.600. The van der Waals surface area contributed by atoms with E-state index in [9.17, 15) is 4.79 Å². The van der Waals surface area contributed by atoms with Gasteiger partial charge in [0.2, 0.25) is 5.91 Å². The van der Waals surface area contributed by atoms with E-state index >= 15 is 0 Å². The van der Waals surface area contributed by atoms with Gasteiger partial charge in [-0.1, -0.05) is 0 Å². The van der Waals surface area contributed by atoms with E-state index in [0.717, 1.165) is 0 Å². The van der Waals surface area contributed by atoms with Crippen LogP contribution in [0.4, 0.5) is 0 Å². The van der Waals surface area contributed by atoms with E-state index in [1.54, 1.807) is 32.8 Å². The summed E-state index contributed by atoms with van der Waals surface area (Å²) in [6, 6.07) is -0.308.